The Labute approximate surface area is 115 Å². The molecular formula is C14H27NO4. The highest BCUT2D eigenvalue weighted by molar-refractivity contribution is 5.78. The van der Waals surface area contributed by atoms with Gasteiger partial charge < -0.3 is 19.5 Å². The summed E-state index contributed by atoms with van der Waals surface area (Å²) >= 11 is 0. The van der Waals surface area contributed by atoms with Gasteiger partial charge >= 0.3 is 0 Å². The molecule has 0 saturated carbocycles. The monoisotopic (exact) mass is 273 g/mol. The molecule has 0 aliphatic carbocycles. The molecule has 1 heterocycles. The molecule has 112 valence electrons. The van der Waals surface area contributed by atoms with Gasteiger partial charge in [-0.1, -0.05) is 0 Å². The van der Waals surface area contributed by atoms with E-state index in [-0.39, 0.29) is 17.8 Å². The fraction of sp³-hybridized carbons (Fsp3) is 0.929. The number of ketones is 1. The molecule has 0 aromatic rings. The predicted octanol–water partition coefficient (Wildman–Crippen LogP) is 0.700. The number of piperidine rings is 1. The lowest BCUT2D eigenvalue weighted by atomic mass is 9.93. The highest BCUT2D eigenvalue weighted by Crippen LogP contribution is 2.18. The normalized spacial score (nSPS) is 21.3. The largest absolute Gasteiger partial charge is 0.389 e. The van der Waals surface area contributed by atoms with E-state index < -0.39 is 6.10 Å². The first-order valence-electron chi connectivity index (χ1n) is 7.04. The van der Waals surface area contributed by atoms with Gasteiger partial charge in [0, 0.05) is 19.6 Å². The van der Waals surface area contributed by atoms with E-state index in [0.29, 0.717) is 19.8 Å². The maximum atomic E-state index is 11.3. The number of hydrogen-bond acceptors (Lipinski definition) is 5. The van der Waals surface area contributed by atoms with Crippen LogP contribution in [-0.4, -0.2) is 68.0 Å². The van der Waals surface area contributed by atoms with Crippen molar-refractivity contribution in [1.29, 1.82) is 0 Å². The maximum absolute atomic E-state index is 11.3. The lowest BCUT2D eigenvalue weighted by Gasteiger charge is -2.32. The Morgan fingerprint density at radius 3 is 2.53 bits per heavy atom. The number of ether oxygens (including phenoxy) is 2. The Balaban J connectivity index is 2.16. The summed E-state index contributed by atoms with van der Waals surface area (Å²) in [6, 6.07) is 0. The van der Waals surface area contributed by atoms with Crippen LogP contribution >= 0.6 is 0 Å². The van der Waals surface area contributed by atoms with Crippen molar-refractivity contribution in [2.75, 3.05) is 40.0 Å². The van der Waals surface area contributed by atoms with E-state index >= 15 is 0 Å². The molecule has 0 radical (unpaired) electrons. The second kappa shape index (κ2) is 8.64. The number of Topliss-reactive ketones (excluding diaryl/α,β-unsaturated/α-hetero) is 1. The summed E-state index contributed by atoms with van der Waals surface area (Å²) in [7, 11) is 1.63. The van der Waals surface area contributed by atoms with E-state index in [1.165, 1.54) is 0 Å². The molecule has 1 aliphatic heterocycles. The molecule has 0 aromatic carbocycles. The molecule has 0 bridgehead atoms. The molecule has 5 nitrogen and oxygen atoms in total. The van der Waals surface area contributed by atoms with Crippen LogP contribution in [0.2, 0.25) is 0 Å². The van der Waals surface area contributed by atoms with Crippen molar-refractivity contribution in [2.45, 2.75) is 38.9 Å². The molecule has 0 amide bonds. The predicted molar refractivity (Wildman–Crippen MR) is 73.1 cm³/mol. The molecule has 1 rings (SSSR count). The number of nitrogens with zero attached hydrogens (tertiary/aromatic N) is 1. The van der Waals surface area contributed by atoms with Crippen LogP contribution in [0, 0.1) is 5.92 Å². The SMILES string of the molecule is COCC(C)OCC(O)CN1CCC(C(C)=O)CC1. The van der Waals surface area contributed by atoms with Crippen LogP contribution in [0.1, 0.15) is 26.7 Å². The van der Waals surface area contributed by atoms with Gasteiger partial charge in [0.1, 0.15) is 5.78 Å². The van der Waals surface area contributed by atoms with Crippen molar-refractivity contribution >= 4 is 5.78 Å². The molecule has 2 unspecified atom stereocenters. The van der Waals surface area contributed by atoms with Gasteiger partial charge in [-0.15, -0.1) is 0 Å². The second-order valence-electron chi connectivity index (χ2n) is 5.44. The number of likely N-dealkylation sites (tertiary alicyclic amines) is 1. The van der Waals surface area contributed by atoms with Gasteiger partial charge in [-0.25, -0.2) is 0 Å². The number of aliphatic hydroxyl groups excluding tert-OH is 1. The Morgan fingerprint density at radius 2 is 2.00 bits per heavy atom. The molecule has 2 atom stereocenters. The van der Waals surface area contributed by atoms with Crippen molar-refractivity contribution in [3.63, 3.8) is 0 Å². The molecule has 0 spiro atoms. The van der Waals surface area contributed by atoms with Gasteiger partial charge in [0.05, 0.1) is 25.4 Å². The number of rotatable bonds is 8. The lowest BCUT2D eigenvalue weighted by Crippen LogP contribution is -2.41. The standard InChI is InChI=1S/C14H27NO4/c1-11(9-18-3)19-10-14(17)8-15-6-4-13(5-7-15)12(2)16/h11,13-14,17H,4-10H2,1-3H3. The Kier molecular flexibility index (Phi) is 7.53. The number of hydrogen-bond donors (Lipinski definition) is 1. The number of aliphatic hydroxyl groups is 1. The zero-order valence-electron chi connectivity index (χ0n) is 12.3. The van der Waals surface area contributed by atoms with Crippen molar-refractivity contribution < 1.29 is 19.4 Å². The quantitative estimate of drug-likeness (QED) is 0.705. The van der Waals surface area contributed by atoms with Gasteiger partial charge in [0.25, 0.3) is 0 Å². The summed E-state index contributed by atoms with van der Waals surface area (Å²) in [6.07, 6.45) is 1.34. The Morgan fingerprint density at radius 1 is 1.37 bits per heavy atom. The van der Waals surface area contributed by atoms with E-state index in [0.717, 1.165) is 25.9 Å². The molecule has 0 aromatic heterocycles. The highest BCUT2D eigenvalue weighted by atomic mass is 16.5. The third kappa shape index (κ3) is 6.47. The first-order chi connectivity index (χ1) is 9.02. The maximum Gasteiger partial charge on any atom is 0.133 e. The average Bonchev–Trinajstić information content (AvgIpc) is 2.37. The van der Waals surface area contributed by atoms with Crippen LogP contribution in [0.25, 0.3) is 0 Å². The summed E-state index contributed by atoms with van der Waals surface area (Å²) in [6.45, 7) is 6.84. The van der Waals surface area contributed by atoms with Gasteiger partial charge in [-0.2, -0.15) is 0 Å². The minimum absolute atomic E-state index is 0.00287. The number of carbonyl (C=O) groups excluding carboxylic acids is 1. The number of carbonyl (C=O) groups is 1. The fourth-order valence-electron chi connectivity index (χ4n) is 2.43. The van der Waals surface area contributed by atoms with Crippen LogP contribution in [0.5, 0.6) is 0 Å². The minimum atomic E-state index is -0.479. The zero-order chi connectivity index (χ0) is 14.3. The molecule has 19 heavy (non-hydrogen) atoms. The fourth-order valence-corrected chi connectivity index (χ4v) is 2.43. The smallest absolute Gasteiger partial charge is 0.133 e. The van der Waals surface area contributed by atoms with E-state index in [1.54, 1.807) is 14.0 Å². The van der Waals surface area contributed by atoms with Crippen molar-refractivity contribution in [3.05, 3.63) is 0 Å². The number of β-amino-alcohol motifs (C(OH)–C–C–N with tert-alkyl or cyclic N) is 1. The molecule has 1 aliphatic rings. The van der Waals surface area contributed by atoms with Crippen LogP contribution in [0.4, 0.5) is 0 Å². The van der Waals surface area contributed by atoms with Crippen LogP contribution in [0.15, 0.2) is 0 Å². The summed E-state index contributed by atoms with van der Waals surface area (Å²) in [5, 5.41) is 9.92. The second-order valence-corrected chi connectivity index (χ2v) is 5.44. The van der Waals surface area contributed by atoms with Gasteiger partial charge in [-0.05, 0) is 39.8 Å². The summed E-state index contributed by atoms with van der Waals surface area (Å²) in [5.74, 6) is 0.503. The Hall–Kier alpha value is -0.490. The van der Waals surface area contributed by atoms with E-state index in [9.17, 15) is 9.90 Å². The molecule has 1 saturated heterocycles. The van der Waals surface area contributed by atoms with Crippen LogP contribution in [-0.2, 0) is 14.3 Å². The summed E-state index contributed by atoms with van der Waals surface area (Å²) < 4.78 is 10.5. The van der Waals surface area contributed by atoms with E-state index in [4.69, 9.17) is 9.47 Å². The van der Waals surface area contributed by atoms with Gasteiger partial charge in [-0.3, -0.25) is 4.79 Å². The number of methoxy groups -OCH3 is 1. The van der Waals surface area contributed by atoms with Crippen molar-refractivity contribution in [1.82, 2.24) is 4.90 Å². The molecule has 1 fully saturated rings. The summed E-state index contributed by atoms with van der Waals surface area (Å²) in [5.41, 5.74) is 0. The van der Waals surface area contributed by atoms with Gasteiger partial charge in [0.2, 0.25) is 0 Å². The van der Waals surface area contributed by atoms with Gasteiger partial charge in [0.15, 0.2) is 0 Å². The van der Waals surface area contributed by atoms with E-state index in [2.05, 4.69) is 4.90 Å². The third-order valence-corrected chi connectivity index (χ3v) is 3.61. The third-order valence-electron chi connectivity index (χ3n) is 3.61. The molecule has 5 heteroatoms. The first-order valence-corrected chi connectivity index (χ1v) is 7.04. The summed E-state index contributed by atoms with van der Waals surface area (Å²) in [4.78, 5) is 13.5. The Bertz CT molecular complexity index is 264. The first kappa shape index (κ1) is 16.6. The van der Waals surface area contributed by atoms with Crippen LogP contribution in [0.3, 0.4) is 0 Å². The minimum Gasteiger partial charge on any atom is -0.389 e. The molecule has 1 N–H and O–H groups in total. The van der Waals surface area contributed by atoms with Crippen molar-refractivity contribution in [3.8, 4) is 0 Å². The average molecular weight is 273 g/mol. The lowest BCUT2D eigenvalue weighted by molar-refractivity contribution is -0.122. The highest BCUT2D eigenvalue weighted by Gasteiger charge is 2.23. The van der Waals surface area contributed by atoms with E-state index in [1.807, 2.05) is 6.92 Å². The zero-order valence-corrected chi connectivity index (χ0v) is 12.3. The van der Waals surface area contributed by atoms with Crippen LogP contribution < -0.4 is 0 Å². The van der Waals surface area contributed by atoms with Crippen molar-refractivity contribution in [2.24, 2.45) is 5.92 Å². The topological polar surface area (TPSA) is 59.0 Å². The molecular weight excluding hydrogens is 246 g/mol.